The number of aliphatic hydroxyl groups is 1. The minimum absolute atomic E-state index is 0.0707. The van der Waals surface area contributed by atoms with Gasteiger partial charge in [-0.25, -0.2) is 4.98 Å². The Morgan fingerprint density at radius 1 is 1.11 bits per heavy atom. The molecule has 0 aliphatic carbocycles. The predicted octanol–water partition coefficient (Wildman–Crippen LogP) is 4.01. The summed E-state index contributed by atoms with van der Waals surface area (Å²) in [6.45, 7) is 1.52. The van der Waals surface area contributed by atoms with Gasteiger partial charge in [0.2, 0.25) is 5.95 Å². The summed E-state index contributed by atoms with van der Waals surface area (Å²) in [5, 5.41) is 14.8. The first-order valence-corrected chi connectivity index (χ1v) is 8.46. The SMILES string of the molecule is Cc1c(Nc2cc(-c3cccnc3)nc(NCCO)n2)cccc1C(F)(F)F. The van der Waals surface area contributed by atoms with Crippen LogP contribution in [0.15, 0.2) is 48.8 Å². The number of alkyl halides is 3. The predicted molar refractivity (Wildman–Crippen MR) is 100 cm³/mol. The van der Waals surface area contributed by atoms with Crippen LogP contribution in [0.3, 0.4) is 0 Å². The maximum Gasteiger partial charge on any atom is 0.416 e. The van der Waals surface area contributed by atoms with Gasteiger partial charge < -0.3 is 15.7 Å². The molecule has 0 atom stereocenters. The zero-order valence-corrected chi connectivity index (χ0v) is 15.0. The Morgan fingerprint density at radius 3 is 2.61 bits per heavy atom. The van der Waals surface area contributed by atoms with Gasteiger partial charge in [-0.3, -0.25) is 4.98 Å². The van der Waals surface area contributed by atoms with Gasteiger partial charge in [0.1, 0.15) is 5.82 Å². The lowest BCUT2D eigenvalue weighted by atomic mass is 10.1. The third-order valence-electron chi connectivity index (χ3n) is 3.98. The molecule has 0 saturated carbocycles. The van der Waals surface area contributed by atoms with Crippen molar-refractivity contribution >= 4 is 17.5 Å². The molecule has 0 fully saturated rings. The molecule has 0 aliphatic rings. The first-order chi connectivity index (χ1) is 13.4. The Labute approximate surface area is 159 Å². The number of pyridine rings is 1. The van der Waals surface area contributed by atoms with Crippen molar-refractivity contribution in [3.63, 3.8) is 0 Å². The fourth-order valence-electron chi connectivity index (χ4n) is 2.64. The summed E-state index contributed by atoms with van der Waals surface area (Å²) in [7, 11) is 0. The van der Waals surface area contributed by atoms with E-state index < -0.39 is 11.7 Å². The molecule has 0 unspecified atom stereocenters. The number of benzene rings is 1. The molecule has 146 valence electrons. The molecule has 28 heavy (non-hydrogen) atoms. The first-order valence-electron chi connectivity index (χ1n) is 8.46. The van der Waals surface area contributed by atoms with Gasteiger partial charge in [-0.1, -0.05) is 6.07 Å². The minimum atomic E-state index is -4.44. The quantitative estimate of drug-likeness (QED) is 0.591. The van der Waals surface area contributed by atoms with E-state index in [1.165, 1.54) is 13.0 Å². The van der Waals surface area contributed by atoms with Gasteiger partial charge in [-0.15, -0.1) is 0 Å². The van der Waals surface area contributed by atoms with Crippen molar-refractivity contribution < 1.29 is 18.3 Å². The van der Waals surface area contributed by atoms with Crippen molar-refractivity contribution in [3.05, 3.63) is 59.9 Å². The van der Waals surface area contributed by atoms with Crippen LogP contribution in [-0.4, -0.2) is 33.2 Å². The number of halogens is 3. The fourth-order valence-corrected chi connectivity index (χ4v) is 2.64. The molecule has 9 heteroatoms. The van der Waals surface area contributed by atoms with Crippen molar-refractivity contribution in [2.75, 3.05) is 23.8 Å². The zero-order chi connectivity index (χ0) is 20.1. The number of anilines is 3. The number of nitrogens with one attached hydrogen (secondary N) is 2. The Hall–Kier alpha value is -3.20. The van der Waals surface area contributed by atoms with E-state index in [-0.39, 0.29) is 24.7 Å². The molecule has 0 spiro atoms. The highest BCUT2D eigenvalue weighted by Crippen LogP contribution is 2.35. The Kier molecular flexibility index (Phi) is 5.74. The molecule has 3 rings (SSSR count). The molecule has 2 aromatic heterocycles. The van der Waals surface area contributed by atoms with Gasteiger partial charge in [-0.2, -0.15) is 18.2 Å². The third kappa shape index (κ3) is 4.55. The van der Waals surface area contributed by atoms with E-state index >= 15 is 0 Å². The highest BCUT2D eigenvalue weighted by molar-refractivity contribution is 5.68. The summed E-state index contributed by atoms with van der Waals surface area (Å²) >= 11 is 0. The number of aliphatic hydroxyl groups excluding tert-OH is 1. The summed E-state index contributed by atoms with van der Waals surface area (Å²) in [6, 6.07) is 9.12. The summed E-state index contributed by atoms with van der Waals surface area (Å²) in [4.78, 5) is 12.7. The van der Waals surface area contributed by atoms with E-state index in [1.807, 2.05) is 6.07 Å². The van der Waals surface area contributed by atoms with Crippen LogP contribution < -0.4 is 10.6 Å². The summed E-state index contributed by atoms with van der Waals surface area (Å²) in [6.07, 6.45) is -1.19. The number of aromatic nitrogens is 3. The van der Waals surface area contributed by atoms with Crippen LogP contribution >= 0.6 is 0 Å². The summed E-state index contributed by atoms with van der Waals surface area (Å²) < 4.78 is 39.5. The minimum Gasteiger partial charge on any atom is -0.395 e. The maximum absolute atomic E-state index is 13.2. The van der Waals surface area contributed by atoms with Gasteiger partial charge in [0, 0.05) is 36.3 Å². The molecule has 3 N–H and O–H groups in total. The van der Waals surface area contributed by atoms with Gasteiger partial charge in [0.05, 0.1) is 17.9 Å². The molecule has 0 saturated heterocycles. The van der Waals surface area contributed by atoms with E-state index in [2.05, 4.69) is 25.6 Å². The second kappa shape index (κ2) is 8.22. The Balaban J connectivity index is 2.00. The first kappa shape index (κ1) is 19.6. The lowest BCUT2D eigenvalue weighted by Crippen LogP contribution is -2.11. The van der Waals surface area contributed by atoms with E-state index in [1.54, 1.807) is 30.6 Å². The Morgan fingerprint density at radius 2 is 1.93 bits per heavy atom. The number of rotatable bonds is 6. The standard InChI is InChI=1S/C19H18F3N5O/c1-12-14(19(20,21)22)5-2-6-15(12)25-17-10-16(13-4-3-7-23-11-13)26-18(27-17)24-8-9-28/h2-7,10-11,28H,8-9H2,1H3,(H2,24,25,26,27). The van der Waals surface area contributed by atoms with E-state index in [0.717, 1.165) is 11.6 Å². The van der Waals surface area contributed by atoms with Crippen LogP contribution in [0, 0.1) is 6.92 Å². The summed E-state index contributed by atoms with van der Waals surface area (Å²) in [5.74, 6) is 0.555. The molecule has 0 radical (unpaired) electrons. The molecular weight excluding hydrogens is 371 g/mol. The molecule has 2 heterocycles. The second-order valence-corrected chi connectivity index (χ2v) is 5.96. The highest BCUT2D eigenvalue weighted by Gasteiger charge is 2.32. The molecule has 0 amide bonds. The van der Waals surface area contributed by atoms with Crippen LogP contribution in [-0.2, 0) is 6.18 Å². The van der Waals surface area contributed by atoms with Crippen molar-refractivity contribution in [2.24, 2.45) is 0 Å². The van der Waals surface area contributed by atoms with Gasteiger partial charge >= 0.3 is 6.18 Å². The van der Waals surface area contributed by atoms with Crippen LogP contribution in [0.2, 0.25) is 0 Å². The smallest absolute Gasteiger partial charge is 0.395 e. The van der Waals surface area contributed by atoms with Crippen LogP contribution in [0.5, 0.6) is 0 Å². The average molecular weight is 389 g/mol. The van der Waals surface area contributed by atoms with E-state index in [4.69, 9.17) is 5.11 Å². The van der Waals surface area contributed by atoms with Gasteiger partial charge in [-0.05, 0) is 36.8 Å². The largest absolute Gasteiger partial charge is 0.416 e. The van der Waals surface area contributed by atoms with Crippen molar-refractivity contribution in [3.8, 4) is 11.3 Å². The summed E-state index contributed by atoms with van der Waals surface area (Å²) in [5.41, 5.74) is 0.911. The molecule has 0 bridgehead atoms. The van der Waals surface area contributed by atoms with Gasteiger partial charge in [0.25, 0.3) is 0 Å². The lowest BCUT2D eigenvalue weighted by Gasteiger charge is -2.16. The normalized spacial score (nSPS) is 11.3. The molecular formula is C19H18F3N5O. The Bertz CT molecular complexity index is 948. The van der Waals surface area contributed by atoms with E-state index in [0.29, 0.717) is 17.2 Å². The fraction of sp³-hybridized carbons (Fsp3) is 0.211. The molecule has 0 aliphatic heterocycles. The van der Waals surface area contributed by atoms with Crippen molar-refractivity contribution in [1.82, 2.24) is 15.0 Å². The van der Waals surface area contributed by atoms with Crippen molar-refractivity contribution in [1.29, 1.82) is 0 Å². The van der Waals surface area contributed by atoms with Crippen LogP contribution in [0.4, 0.5) is 30.6 Å². The van der Waals surface area contributed by atoms with Crippen molar-refractivity contribution in [2.45, 2.75) is 13.1 Å². The van der Waals surface area contributed by atoms with Gasteiger partial charge in [0.15, 0.2) is 0 Å². The topological polar surface area (TPSA) is 83.0 Å². The molecule has 1 aromatic carbocycles. The maximum atomic E-state index is 13.2. The number of nitrogens with zero attached hydrogens (tertiary/aromatic N) is 3. The zero-order valence-electron chi connectivity index (χ0n) is 15.0. The highest BCUT2D eigenvalue weighted by atomic mass is 19.4. The second-order valence-electron chi connectivity index (χ2n) is 5.96. The number of hydrogen-bond donors (Lipinski definition) is 3. The van der Waals surface area contributed by atoms with E-state index in [9.17, 15) is 13.2 Å². The average Bonchev–Trinajstić information content (AvgIpc) is 2.67. The van der Waals surface area contributed by atoms with Crippen LogP contribution in [0.25, 0.3) is 11.3 Å². The monoisotopic (exact) mass is 389 g/mol. The van der Waals surface area contributed by atoms with Crippen LogP contribution in [0.1, 0.15) is 11.1 Å². The third-order valence-corrected chi connectivity index (χ3v) is 3.98. The number of hydrogen-bond acceptors (Lipinski definition) is 6. The molecule has 6 nitrogen and oxygen atoms in total. The molecule has 3 aromatic rings. The lowest BCUT2D eigenvalue weighted by molar-refractivity contribution is -0.138.